The first kappa shape index (κ1) is 15.8. The van der Waals surface area contributed by atoms with Crippen LogP contribution in [0.4, 0.5) is 0 Å². The van der Waals surface area contributed by atoms with E-state index >= 15 is 0 Å². The third-order valence-corrected chi connectivity index (χ3v) is 5.18. The maximum atomic E-state index is 12.3. The van der Waals surface area contributed by atoms with E-state index in [9.17, 15) is 8.42 Å². The minimum absolute atomic E-state index is 0.104. The molecule has 21 heavy (non-hydrogen) atoms. The zero-order chi connectivity index (χ0) is 15.3. The van der Waals surface area contributed by atoms with E-state index < -0.39 is 9.84 Å². The van der Waals surface area contributed by atoms with Crippen molar-refractivity contribution in [2.75, 3.05) is 0 Å². The molecule has 0 aliphatic carbocycles. The zero-order valence-electron chi connectivity index (χ0n) is 12.7. The third-order valence-electron chi connectivity index (χ3n) is 3.64. The smallest absolute Gasteiger partial charge is 0.158 e. The standard InChI is InChI=1S/C18H22O2S/c1-3-15-5-9-17(10-6-15)13-21(19,20)14-18-11-7-16(4-2)8-12-18/h5-12H,3-4,13-14H2,1-2H3. The number of aryl methyl sites for hydroxylation is 2. The molecule has 2 aromatic carbocycles. The number of benzene rings is 2. The Bertz CT molecular complexity index is 613. The van der Waals surface area contributed by atoms with Gasteiger partial charge in [-0.25, -0.2) is 8.42 Å². The molecular weight excluding hydrogens is 280 g/mol. The molecule has 0 aliphatic heterocycles. The van der Waals surface area contributed by atoms with E-state index in [4.69, 9.17) is 0 Å². The molecule has 0 saturated carbocycles. The molecule has 3 heteroatoms. The monoisotopic (exact) mass is 302 g/mol. The lowest BCUT2D eigenvalue weighted by Gasteiger charge is -2.06. The van der Waals surface area contributed by atoms with Crippen molar-refractivity contribution < 1.29 is 8.42 Å². The number of rotatable bonds is 6. The molecule has 0 amide bonds. The van der Waals surface area contributed by atoms with Gasteiger partial charge in [0.2, 0.25) is 0 Å². The van der Waals surface area contributed by atoms with Gasteiger partial charge in [0.25, 0.3) is 0 Å². The second kappa shape index (κ2) is 6.90. The second-order valence-electron chi connectivity index (χ2n) is 5.37. The van der Waals surface area contributed by atoms with Crippen LogP contribution in [0.5, 0.6) is 0 Å². The van der Waals surface area contributed by atoms with Crippen LogP contribution in [0.1, 0.15) is 36.1 Å². The molecule has 0 fully saturated rings. The average molecular weight is 302 g/mol. The summed E-state index contributed by atoms with van der Waals surface area (Å²) in [7, 11) is -3.13. The molecule has 0 aromatic heterocycles. The molecule has 2 nitrogen and oxygen atoms in total. The SMILES string of the molecule is CCc1ccc(CS(=O)(=O)Cc2ccc(CC)cc2)cc1. The second-order valence-corrected chi connectivity index (χ2v) is 7.44. The Morgan fingerprint density at radius 1 is 0.619 bits per heavy atom. The molecule has 0 saturated heterocycles. The Morgan fingerprint density at radius 2 is 0.905 bits per heavy atom. The van der Waals surface area contributed by atoms with Gasteiger partial charge in [-0.2, -0.15) is 0 Å². The largest absolute Gasteiger partial charge is 0.228 e. The minimum Gasteiger partial charge on any atom is -0.228 e. The minimum atomic E-state index is -3.13. The van der Waals surface area contributed by atoms with Crippen molar-refractivity contribution in [1.82, 2.24) is 0 Å². The first-order valence-corrected chi connectivity index (χ1v) is 9.20. The first-order valence-electron chi connectivity index (χ1n) is 7.38. The van der Waals surface area contributed by atoms with E-state index in [0.29, 0.717) is 0 Å². The molecule has 0 atom stereocenters. The lowest BCUT2D eigenvalue weighted by Crippen LogP contribution is -2.07. The quantitative estimate of drug-likeness (QED) is 0.810. The van der Waals surface area contributed by atoms with Crippen molar-refractivity contribution in [3.05, 3.63) is 70.8 Å². The van der Waals surface area contributed by atoms with Crippen LogP contribution in [0.25, 0.3) is 0 Å². The van der Waals surface area contributed by atoms with Gasteiger partial charge in [0, 0.05) is 0 Å². The van der Waals surface area contributed by atoms with Crippen LogP contribution in [0.3, 0.4) is 0 Å². The topological polar surface area (TPSA) is 34.1 Å². The van der Waals surface area contributed by atoms with E-state index in [1.54, 1.807) is 0 Å². The van der Waals surface area contributed by atoms with Gasteiger partial charge in [-0.05, 0) is 35.1 Å². The molecule has 0 aliphatic rings. The molecule has 0 bridgehead atoms. The van der Waals surface area contributed by atoms with Crippen LogP contribution in [0.15, 0.2) is 48.5 Å². The lowest BCUT2D eigenvalue weighted by atomic mass is 10.1. The van der Waals surface area contributed by atoms with Crippen molar-refractivity contribution in [3.63, 3.8) is 0 Å². The van der Waals surface area contributed by atoms with Crippen LogP contribution >= 0.6 is 0 Å². The summed E-state index contributed by atoms with van der Waals surface area (Å²) in [6, 6.07) is 15.7. The number of hydrogen-bond donors (Lipinski definition) is 0. The summed E-state index contributed by atoms with van der Waals surface area (Å²) in [5.41, 5.74) is 4.17. The van der Waals surface area contributed by atoms with Crippen LogP contribution in [-0.4, -0.2) is 8.42 Å². The van der Waals surface area contributed by atoms with E-state index in [-0.39, 0.29) is 11.5 Å². The molecule has 0 spiro atoms. The van der Waals surface area contributed by atoms with Crippen LogP contribution in [-0.2, 0) is 34.2 Å². The van der Waals surface area contributed by atoms with Gasteiger partial charge in [0.15, 0.2) is 9.84 Å². The number of hydrogen-bond acceptors (Lipinski definition) is 2. The third kappa shape index (κ3) is 4.71. The maximum absolute atomic E-state index is 12.3. The predicted molar refractivity (Wildman–Crippen MR) is 88.0 cm³/mol. The van der Waals surface area contributed by atoms with Gasteiger partial charge in [0.1, 0.15) is 0 Å². The fraction of sp³-hybridized carbons (Fsp3) is 0.333. The van der Waals surface area contributed by atoms with E-state index in [1.165, 1.54) is 11.1 Å². The van der Waals surface area contributed by atoms with Crippen molar-refractivity contribution in [3.8, 4) is 0 Å². The Balaban J connectivity index is 2.06. The number of sulfone groups is 1. The maximum Gasteiger partial charge on any atom is 0.158 e. The fourth-order valence-corrected chi connectivity index (χ4v) is 3.80. The molecule has 2 aromatic rings. The molecule has 0 N–H and O–H groups in total. The summed E-state index contributed by atoms with van der Waals surface area (Å²) in [5, 5.41) is 0. The van der Waals surface area contributed by atoms with E-state index in [2.05, 4.69) is 13.8 Å². The van der Waals surface area contributed by atoms with Crippen LogP contribution in [0, 0.1) is 0 Å². The zero-order valence-corrected chi connectivity index (χ0v) is 13.5. The first-order chi connectivity index (χ1) is 10.0. The Morgan fingerprint density at radius 3 is 1.19 bits per heavy atom. The normalized spacial score (nSPS) is 11.5. The Hall–Kier alpha value is -1.61. The molecule has 0 heterocycles. The highest BCUT2D eigenvalue weighted by Gasteiger charge is 2.13. The van der Waals surface area contributed by atoms with Crippen molar-refractivity contribution in [2.24, 2.45) is 0 Å². The van der Waals surface area contributed by atoms with Gasteiger partial charge in [-0.3, -0.25) is 0 Å². The highest BCUT2D eigenvalue weighted by Crippen LogP contribution is 2.14. The lowest BCUT2D eigenvalue weighted by molar-refractivity contribution is 0.594. The van der Waals surface area contributed by atoms with E-state index in [1.807, 2.05) is 48.5 Å². The summed E-state index contributed by atoms with van der Waals surface area (Å²) in [5.74, 6) is 0.207. The van der Waals surface area contributed by atoms with E-state index in [0.717, 1.165) is 24.0 Å². The van der Waals surface area contributed by atoms with Crippen LogP contribution in [0.2, 0.25) is 0 Å². The molecule has 112 valence electrons. The fourth-order valence-electron chi connectivity index (χ4n) is 2.30. The predicted octanol–water partition coefficient (Wildman–Crippen LogP) is 3.93. The van der Waals surface area contributed by atoms with Crippen LogP contribution < -0.4 is 0 Å². The molecular formula is C18H22O2S. The molecule has 0 unspecified atom stereocenters. The van der Waals surface area contributed by atoms with Crippen molar-refractivity contribution >= 4 is 9.84 Å². The van der Waals surface area contributed by atoms with Gasteiger partial charge >= 0.3 is 0 Å². The highest BCUT2D eigenvalue weighted by molar-refractivity contribution is 7.89. The van der Waals surface area contributed by atoms with Crippen molar-refractivity contribution in [2.45, 2.75) is 38.2 Å². The van der Waals surface area contributed by atoms with Crippen molar-refractivity contribution in [1.29, 1.82) is 0 Å². The van der Waals surface area contributed by atoms with Gasteiger partial charge in [-0.1, -0.05) is 62.4 Å². The summed E-state index contributed by atoms with van der Waals surface area (Å²) < 4.78 is 24.6. The summed E-state index contributed by atoms with van der Waals surface area (Å²) >= 11 is 0. The van der Waals surface area contributed by atoms with Gasteiger partial charge in [-0.15, -0.1) is 0 Å². The summed E-state index contributed by atoms with van der Waals surface area (Å²) in [6.07, 6.45) is 1.94. The van der Waals surface area contributed by atoms with Gasteiger partial charge < -0.3 is 0 Å². The highest BCUT2D eigenvalue weighted by atomic mass is 32.2. The Kier molecular flexibility index (Phi) is 5.18. The van der Waals surface area contributed by atoms with Gasteiger partial charge in [0.05, 0.1) is 11.5 Å². The Labute approximate surface area is 127 Å². The summed E-state index contributed by atoms with van der Waals surface area (Å²) in [4.78, 5) is 0. The average Bonchev–Trinajstić information content (AvgIpc) is 2.48. The summed E-state index contributed by atoms with van der Waals surface area (Å²) in [6.45, 7) is 4.18. The molecule has 2 rings (SSSR count). The molecule has 0 radical (unpaired) electrons.